The summed E-state index contributed by atoms with van der Waals surface area (Å²) in [6, 6.07) is 8.66. The maximum atomic E-state index is 10.9. The van der Waals surface area contributed by atoms with Gasteiger partial charge in [0.05, 0.1) is 12.2 Å². The zero-order valence-electron chi connectivity index (χ0n) is 7.41. The Bertz CT molecular complexity index is 300. The van der Waals surface area contributed by atoms with E-state index < -0.39 is 6.03 Å². The molecule has 0 saturated heterocycles. The number of carbonyl (C=O) groups is 1. The van der Waals surface area contributed by atoms with Gasteiger partial charge in [0.25, 0.3) is 0 Å². The molecule has 1 rings (SSSR count). The fourth-order valence-corrected chi connectivity index (χ4v) is 0.811. The molecule has 1 aromatic carbocycles. The van der Waals surface area contributed by atoms with Gasteiger partial charge in [-0.3, -0.25) is 15.6 Å². The molecule has 0 aliphatic carbocycles. The van der Waals surface area contributed by atoms with E-state index in [1.165, 1.54) is 0 Å². The molecule has 0 aromatic heterocycles. The number of urea groups is 1. The largest absolute Gasteiger partial charge is 0.333 e. The number of amides is 2. The summed E-state index contributed by atoms with van der Waals surface area (Å²) in [6.07, 6.45) is 1.55. The van der Waals surface area contributed by atoms with Crippen LogP contribution >= 0.6 is 0 Å². The van der Waals surface area contributed by atoms with Crippen molar-refractivity contribution in [3.63, 3.8) is 0 Å². The Morgan fingerprint density at radius 2 is 2.00 bits per heavy atom. The summed E-state index contributed by atoms with van der Waals surface area (Å²) in [6.45, 7) is -0.123. The molecule has 14 heavy (non-hydrogen) atoms. The van der Waals surface area contributed by atoms with Gasteiger partial charge in [0.15, 0.2) is 0 Å². The van der Waals surface area contributed by atoms with Crippen molar-refractivity contribution in [1.82, 2.24) is 10.7 Å². The van der Waals surface area contributed by atoms with E-state index in [2.05, 4.69) is 16.2 Å². The average molecular weight is 192 g/mol. The lowest BCUT2D eigenvalue weighted by atomic mass is 10.3. The number of nitrogens with one attached hydrogen (secondary N) is 3. The number of rotatable bonds is 4. The third-order valence-electron chi connectivity index (χ3n) is 1.42. The molecule has 0 aliphatic rings. The van der Waals surface area contributed by atoms with Crippen LogP contribution in [0.25, 0.3) is 0 Å². The number of anilines is 1. The molecule has 0 atom stereocenters. The van der Waals surface area contributed by atoms with Crippen molar-refractivity contribution in [3.05, 3.63) is 30.3 Å². The number of hydrogen-bond acceptors (Lipinski definition) is 3. The maximum Gasteiger partial charge on any atom is 0.333 e. The molecule has 0 unspecified atom stereocenters. The molecule has 0 heterocycles. The lowest BCUT2D eigenvalue weighted by Crippen LogP contribution is -2.39. The highest BCUT2D eigenvalue weighted by Gasteiger charge is 1.96. The minimum Gasteiger partial charge on any atom is -0.329 e. The summed E-state index contributed by atoms with van der Waals surface area (Å²) >= 11 is 0. The monoisotopic (exact) mass is 192 g/mol. The van der Waals surface area contributed by atoms with Crippen LogP contribution in [0.2, 0.25) is 0 Å². The Balaban J connectivity index is 2.27. The Morgan fingerprint density at radius 1 is 1.29 bits per heavy atom. The van der Waals surface area contributed by atoms with Gasteiger partial charge >= 0.3 is 6.03 Å². The Kier molecular flexibility index (Phi) is 4.00. The van der Waals surface area contributed by atoms with Crippen molar-refractivity contribution in [3.8, 4) is 0 Å². The van der Waals surface area contributed by atoms with E-state index in [4.69, 9.17) is 0 Å². The van der Waals surface area contributed by atoms with E-state index in [-0.39, 0.29) is 6.54 Å². The number of hydrogen-bond donors (Lipinski definition) is 3. The lowest BCUT2D eigenvalue weighted by molar-refractivity contribution is 0.244. The zero-order chi connectivity index (χ0) is 10.2. The molecule has 0 fully saturated rings. The fraction of sp³-hybridized carbons (Fsp3) is 0.111. The molecule has 1 radical (unpaired) electrons. The van der Waals surface area contributed by atoms with Crippen LogP contribution < -0.4 is 16.2 Å². The number of hydrazine groups is 1. The van der Waals surface area contributed by atoms with Crippen LogP contribution in [-0.2, 0) is 4.79 Å². The molecule has 73 valence electrons. The molecule has 3 N–H and O–H groups in total. The van der Waals surface area contributed by atoms with Gasteiger partial charge in [-0.25, -0.2) is 4.79 Å². The smallest absolute Gasteiger partial charge is 0.329 e. The number of benzene rings is 1. The molecule has 5 heteroatoms. The third kappa shape index (κ3) is 3.57. The van der Waals surface area contributed by atoms with E-state index in [0.717, 1.165) is 5.69 Å². The van der Waals surface area contributed by atoms with Gasteiger partial charge in [0, 0.05) is 0 Å². The average Bonchev–Trinajstić information content (AvgIpc) is 2.25. The maximum absolute atomic E-state index is 10.9. The number of carbonyl (C=O) groups excluding carboxylic acids is 2. The van der Waals surface area contributed by atoms with Crippen molar-refractivity contribution in [2.24, 2.45) is 0 Å². The Morgan fingerprint density at radius 3 is 2.64 bits per heavy atom. The van der Waals surface area contributed by atoms with Gasteiger partial charge in [0.1, 0.15) is 0 Å². The van der Waals surface area contributed by atoms with E-state index in [1.807, 2.05) is 18.2 Å². The molecule has 2 amide bonds. The van der Waals surface area contributed by atoms with Gasteiger partial charge in [-0.2, -0.15) is 0 Å². The highest BCUT2D eigenvalue weighted by molar-refractivity contribution is 5.77. The van der Waals surface area contributed by atoms with Crippen molar-refractivity contribution >= 4 is 18.0 Å². The van der Waals surface area contributed by atoms with E-state index in [0.29, 0.717) is 0 Å². The first-order valence-corrected chi connectivity index (χ1v) is 4.03. The van der Waals surface area contributed by atoms with Crippen LogP contribution in [0, 0.1) is 0 Å². The Labute approximate surface area is 81.5 Å². The van der Waals surface area contributed by atoms with E-state index in [1.54, 1.807) is 18.4 Å². The first-order valence-electron chi connectivity index (χ1n) is 4.03. The summed E-state index contributed by atoms with van der Waals surface area (Å²) in [5, 5.41) is 2.27. The van der Waals surface area contributed by atoms with Gasteiger partial charge < -0.3 is 5.32 Å². The second-order valence-electron chi connectivity index (χ2n) is 2.44. The van der Waals surface area contributed by atoms with Crippen LogP contribution in [0.4, 0.5) is 10.5 Å². The molecule has 0 aliphatic heterocycles. The highest BCUT2D eigenvalue weighted by Crippen LogP contribution is 2.01. The van der Waals surface area contributed by atoms with Crippen LogP contribution in [0.5, 0.6) is 0 Å². The second kappa shape index (κ2) is 5.58. The van der Waals surface area contributed by atoms with E-state index in [9.17, 15) is 9.59 Å². The first kappa shape index (κ1) is 10.0. The predicted octanol–water partition coefficient (Wildman–Crippen LogP) is 0.422. The van der Waals surface area contributed by atoms with E-state index >= 15 is 0 Å². The van der Waals surface area contributed by atoms with Crippen LogP contribution in [0.3, 0.4) is 0 Å². The molecule has 0 spiro atoms. The van der Waals surface area contributed by atoms with Crippen molar-refractivity contribution in [2.75, 3.05) is 12.0 Å². The van der Waals surface area contributed by atoms with Crippen molar-refractivity contribution in [2.45, 2.75) is 0 Å². The fourth-order valence-electron chi connectivity index (χ4n) is 0.811. The van der Waals surface area contributed by atoms with Gasteiger partial charge in [-0.1, -0.05) is 18.2 Å². The van der Waals surface area contributed by atoms with Gasteiger partial charge in [-0.05, 0) is 12.1 Å². The van der Waals surface area contributed by atoms with Crippen LogP contribution in [0.15, 0.2) is 30.3 Å². The standard InChI is InChI=1S/C9H10N3O2/c13-7-6-10-9(14)12-11-8-4-2-1-3-5-8/h1-5,11H,6H2,(H2,10,12,14). The molecule has 0 bridgehead atoms. The predicted molar refractivity (Wildman–Crippen MR) is 52.3 cm³/mol. The molecule has 0 saturated carbocycles. The van der Waals surface area contributed by atoms with Gasteiger partial charge in [-0.15, -0.1) is 0 Å². The molecule has 5 nitrogen and oxygen atoms in total. The summed E-state index contributed by atoms with van der Waals surface area (Å²) in [7, 11) is 0. The van der Waals surface area contributed by atoms with Crippen molar-refractivity contribution in [1.29, 1.82) is 0 Å². The summed E-state index contributed by atoms with van der Waals surface area (Å²) in [4.78, 5) is 20.7. The Hall–Kier alpha value is -2.04. The summed E-state index contributed by atoms with van der Waals surface area (Å²) < 4.78 is 0. The normalized spacial score (nSPS) is 8.86. The van der Waals surface area contributed by atoms with Gasteiger partial charge in [0.2, 0.25) is 6.29 Å². The second-order valence-corrected chi connectivity index (χ2v) is 2.44. The third-order valence-corrected chi connectivity index (χ3v) is 1.42. The summed E-state index contributed by atoms with van der Waals surface area (Å²) in [5.41, 5.74) is 5.78. The first-order chi connectivity index (χ1) is 6.83. The number of para-hydroxylation sites is 1. The van der Waals surface area contributed by atoms with Crippen LogP contribution in [-0.4, -0.2) is 18.9 Å². The SMILES string of the molecule is O=[C]CNC(=O)NNc1ccccc1. The lowest BCUT2D eigenvalue weighted by Gasteiger charge is -2.07. The van der Waals surface area contributed by atoms with Crippen molar-refractivity contribution < 1.29 is 9.59 Å². The quantitative estimate of drug-likeness (QED) is 0.605. The summed E-state index contributed by atoms with van der Waals surface area (Å²) in [5.74, 6) is 0. The topological polar surface area (TPSA) is 70.2 Å². The minimum atomic E-state index is -0.475. The van der Waals surface area contributed by atoms with Crippen LogP contribution in [0.1, 0.15) is 0 Å². The zero-order valence-corrected chi connectivity index (χ0v) is 7.41. The molecular weight excluding hydrogens is 182 g/mol. The molecular formula is C9H10N3O2. The highest BCUT2D eigenvalue weighted by atomic mass is 16.2. The minimum absolute atomic E-state index is 0.123. The molecule has 1 aromatic rings.